The maximum absolute atomic E-state index is 12.4. The standard InChI is InChI=1S/C14H25N3O/c1-9-8-17(2)6-5-12(9)16-14(18)11-7-10-3-4-13(11)15-10/h9-13,15H,3-8H2,1-2H3,(H,16,18). The lowest BCUT2D eigenvalue weighted by Gasteiger charge is -2.36. The summed E-state index contributed by atoms with van der Waals surface area (Å²) in [7, 11) is 2.16. The number of nitrogens with zero attached hydrogens (tertiary/aromatic N) is 1. The Hall–Kier alpha value is -0.610. The Morgan fingerprint density at radius 1 is 1.33 bits per heavy atom. The van der Waals surface area contributed by atoms with Crippen LogP contribution < -0.4 is 10.6 Å². The molecule has 0 saturated carbocycles. The van der Waals surface area contributed by atoms with E-state index in [9.17, 15) is 4.79 Å². The molecule has 1 amide bonds. The average molecular weight is 251 g/mol. The largest absolute Gasteiger partial charge is 0.353 e. The van der Waals surface area contributed by atoms with Crippen molar-refractivity contribution in [1.82, 2.24) is 15.5 Å². The van der Waals surface area contributed by atoms with Crippen LogP contribution in [0, 0.1) is 11.8 Å². The van der Waals surface area contributed by atoms with E-state index in [0.717, 1.165) is 25.9 Å². The molecule has 0 radical (unpaired) electrons. The van der Waals surface area contributed by atoms with Crippen LogP contribution in [0.15, 0.2) is 0 Å². The van der Waals surface area contributed by atoms with Crippen LogP contribution in [0.4, 0.5) is 0 Å². The summed E-state index contributed by atoms with van der Waals surface area (Å²) in [6.07, 6.45) is 4.60. The zero-order valence-electron chi connectivity index (χ0n) is 11.5. The van der Waals surface area contributed by atoms with Crippen LogP contribution in [0.3, 0.4) is 0 Å². The van der Waals surface area contributed by atoms with Gasteiger partial charge < -0.3 is 15.5 Å². The highest BCUT2D eigenvalue weighted by molar-refractivity contribution is 5.80. The van der Waals surface area contributed by atoms with Crippen LogP contribution >= 0.6 is 0 Å². The summed E-state index contributed by atoms with van der Waals surface area (Å²) >= 11 is 0. The van der Waals surface area contributed by atoms with E-state index >= 15 is 0 Å². The van der Waals surface area contributed by atoms with E-state index in [-0.39, 0.29) is 5.92 Å². The molecule has 2 N–H and O–H groups in total. The summed E-state index contributed by atoms with van der Waals surface area (Å²) in [4.78, 5) is 14.7. The molecule has 0 spiro atoms. The third-order valence-electron chi connectivity index (χ3n) is 5.07. The Kier molecular flexibility index (Phi) is 3.32. The molecule has 3 rings (SSSR count). The molecule has 102 valence electrons. The first-order chi connectivity index (χ1) is 8.63. The molecule has 3 aliphatic rings. The van der Waals surface area contributed by atoms with Gasteiger partial charge in [0.15, 0.2) is 0 Å². The molecular weight excluding hydrogens is 226 g/mol. The molecule has 4 heteroatoms. The first kappa shape index (κ1) is 12.4. The van der Waals surface area contributed by atoms with Crippen LogP contribution in [-0.4, -0.2) is 49.1 Å². The van der Waals surface area contributed by atoms with Crippen molar-refractivity contribution in [3.05, 3.63) is 0 Å². The van der Waals surface area contributed by atoms with Gasteiger partial charge in [-0.2, -0.15) is 0 Å². The molecule has 3 aliphatic heterocycles. The molecule has 0 aromatic carbocycles. The summed E-state index contributed by atoms with van der Waals surface area (Å²) in [5, 5.41) is 6.86. The van der Waals surface area contributed by atoms with Gasteiger partial charge in [-0.15, -0.1) is 0 Å². The number of nitrogens with one attached hydrogen (secondary N) is 2. The van der Waals surface area contributed by atoms with Crippen molar-refractivity contribution in [2.24, 2.45) is 11.8 Å². The van der Waals surface area contributed by atoms with Gasteiger partial charge in [0.1, 0.15) is 0 Å². The monoisotopic (exact) mass is 251 g/mol. The molecule has 3 heterocycles. The lowest BCUT2D eigenvalue weighted by Crippen LogP contribution is -2.51. The van der Waals surface area contributed by atoms with E-state index < -0.39 is 0 Å². The molecule has 0 aromatic rings. The zero-order chi connectivity index (χ0) is 12.7. The number of hydrogen-bond donors (Lipinski definition) is 2. The molecule has 3 fully saturated rings. The predicted molar refractivity (Wildman–Crippen MR) is 71.3 cm³/mol. The lowest BCUT2D eigenvalue weighted by molar-refractivity contribution is -0.127. The van der Waals surface area contributed by atoms with Gasteiger partial charge in [-0.3, -0.25) is 4.79 Å². The summed E-state index contributed by atoms with van der Waals surface area (Å²) in [6.45, 7) is 4.45. The minimum atomic E-state index is 0.232. The van der Waals surface area contributed by atoms with Crippen LogP contribution in [0.2, 0.25) is 0 Å². The number of carbonyl (C=O) groups excluding carboxylic acids is 1. The highest BCUT2D eigenvalue weighted by Gasteiger charge is 2.43. The minimum Gasteiger partial charge on any atom is -0.353 e. The Morgan fingerprint density at radius 2 is 2.17 bits per heavy atom. The fraction of sp³-hybridized carbons (Fsp3) is 0.929. The fourth-order valence-electron chi connectivity index (χ4n) is 3.97. The maximum Gasteiger partial charge on any atom is 0.224 e. The maximum atomic E-state index is 12.4. The van der Waals surface area contributed by atoms with Crippen molar-refractivity contribution in [2.45, 2.75) is 50.7 Å². The first-order valence-electron chi connectivity index (χ1n) is 7.38. The van der Waals surface area contributed by atoms with Crippen molar-refractivity contribution in [1.29, 1.82) is 0 Å². The molecule has 0 aromatic heterocycles. The van der Waals surface area contributed by atoms with E-state index in [1.165, 1.54) is 12.8 Å². The molecule has 2 bridgehead atoms. The van der Waals surface area contributed by atoms with Gasteiger partial charge in [-0.05, 0) is 45.2 Å². The smallest absolute Gasteiger partial charge is 0.224 e. The number of hydrogen-bond acceptors (Lipinski definition) is 3. The highest BCUT2D eigenvalue weighted by Crippen LogP contribution is 2.33. The van der Waals surface area contributed by atoms with Gasteiger partial charge >= 0.3 is 0 Å². The second-order valence-corrected chi connectivity index (χ2v) is 6.53. The molecule has 18 heavy (non-hydrogen) atoms. The van der Waals surface area contributed by atoms with Gasteiger partial charge in [0, 0.05) is 24.7 Å². The number of rotatable bonds is 2. The van der Waals surface area contributed by atoms with E-state index in [2.05, 4.69) is 29.5 Å². The Morgan fingerprint density at radius 3 is 2.78 bits per heavy atom. The summed E-state index contributed by atoms with van der Waals surface area (Å²) < 4.78 is 0. The van der Waals surface area contributed by atoms with Gasteiger partial charge in [0.25, 0.3) is 0 Å². The second kappa shape index (κ2) is 4.82. The van der Waals surface area contributed by atoms with Crippen LogP contribution in [0.1, 0.15) is 32.6 Å². The van der Waals surface area contributed by atoms with Crippen molar-refractivity contribution < 1.29 is 4.79 Å². The fourth-order valence-corrected chi connectivity index (χ4v) is 3.97. The van der Waals surface area contributed by atoms with Gasteiger partial charge in [0.05, 0.1) is 5.92 Å². The van der Waals surface area contributed by atoms with Crippen LogP contribution in [0.5, 0.6) is 0 Å². The average Bonchev–Trinajstić information content (AvgIpc) is 2.94. The number of likely N-dealkylation sites (tertiary alicyclic amines) is 1. The summed E-state index contributed by atoms with van der Waals surface area (Å²) in [5.41, 5.74) is 0. The quantitative estimate of drug-likeness (QED) is 0.755. The third kappa shape index (κ3) is 2.28. The zero-order valence-corrected chi connectivity index (χ0v) is 11.5. The summed E-state index contributed by atoms with van der Waals surface area (Å²) in [5.74, 6) is 1.10. The van der Waals surface area contributed by atoms with E-state index in [0.29, 0.717) is 30.0 Å². The number of amides is 1. The topological polar surface area (TPSA) is 44.4 Å². The predicted octanol–water partition coefficient (Wildman–Crippen LogP) is 0.583. The number of piperidine rings is 1. The lowest BCUT2D eigenvalue weighted by atomic mass is 9.87. The second-order valence-electron chi connectivity index (χ2n) is 6.53. The number of fused-ring (bicyclic) bond motifs is 2. The molecule has 3 saturated heterocycles. The Labute approximate surface area is 109 Å². The molecule has 0 aliphatic carbocycles. The van der Waals surface area contributed by atoms with Crippen molar-refractivity contribution in [3.63, 3.8) is 0 Å². The molecule has 5 unspecified atom stereocenters. The normalized spacial score (nSPS) is 44.2. The molecular formula is C14H25N3O. The minimum absolute atomic E-state index is 0.232. The SMILES string of the molecule is CC1CN(C)CCC1NC(=O)C1CC2CCC1N2. The van der Waals surface area contributed by atoms with Gasteiger partial charge in [-0.1, -0.05) is 6.92 Å². The van der Waals surface area contributed by atoms with Gasteiger partial charge in [-0.25, -0.2) is 0 Å². The van der Waals surface area contributed by atoms with Crippen LogP contribution in [0.25, 0.3) is 0 Å². The van der Waals surface area contributed by atoms with Gasteiger partial charge in [0.2, 0.25) is 5.91 Å². The van der Waals surface area contributed by atoms with Crippen molar-refractivity contribution in [3.8, 4) is 0 Å². The van der Waals surface area contributed by atoms with Crippen molar-refractivity contribution >= 4 is 5.91 Å². The van der Waals surface area contributed by atoms with Crippen molar-refractivity contribution in [2.75, 3.05) is 20.1 Å². The van der Waals surface area contributed by atoms with Crippen LogP contribution in [-0.2, 0) is 4.79 Å². The van der Waals surface area contributed by atoms with E-state index in [1.807, 2.05) is 0 Å². The molecule has 5 atom stereocenters. The molecule has 4 nitrogen and oxygen atoms in total. The third-order valence-corrected chi connectivity index (χ3v) is 5.07. The van der Waals surface area contributed by atoms with E-state index in [1.54, 1.807) is 0 Å². The Balaban J connectivity index is 1.55. The van der Waals surface area contributed by atoms with E-state index in [4.69, 9.17) is 0 Å². The Bertz CT molecular complexity index is 333. The number of carbonyl (C=O) groups is 1. The first-order valence-corrected chi connectivity index (χ1v) is 7.38. The summed E-state index contributed by atoms with van der Waals surface area (Å²) in [6, 6.07) is 1.45. The highest BCUT2D eigenvalue weighted by atomic mass is 16.2.